The van der Waals surface area contributed by atoms with Gasteiger partial charge in [-0.3, -0.25) is 4.79 Å². The number of rotatable bonds is 4. The average Bonchev–Trinajstić information content (AvgIpc) is 2.49. The number of carboxylic acid groups (broad SMARTS) is 1. The van der Waals surface area contributed by atoms with Gasteiger partial charge in [0.1, 0.15) is 11.5 Å². The van der Waals surface area contributed by atoms with Gasteiger partial charge in [0.15, 0.2) is 0 Å². The van der Waals surface area contributed by atoms with E-state index in [2.05, 4.69) is 4.98 Å². The molecule has 2 rings (SSSR count). The van der Waals surface area contributed by atoms with Gasteiger partial charge in [0, 0.05) is 30.9 Å². The second kappa shape index (κ2) is 6.13. The fourth-order valence-corrected chi connectivity index (χ4v) is 1.85. The van der Waals surface area contributed by atoms with Gasteiger partial charge < -0.3 is 10.0 Å². The lowest BCUT2D eigenvalue weighted by Gasteiger charge is -2.17. The minimum Gasteiger partial charge on any atom is -0.477 e. The molecule has 0 aliphatic rings. The molecule has 1 aromatic carbocycles. The van der Waals surface area contributed by atoms with Gasteiger partial charge in [-0.05, 0) is 18.2 Å². The first-order valence-corrected chi connectivity index (χ1v) is 6.17. The van der Waals surface area contributed by atoms with Crippen molar-refractivity contribution in [2.45, 2.75) is 6.54 Å². The Morgan fingerprint density at radius 1 is 1.29 bits per heavy atom. The normalized spacial score (nSPS) is 10.2. The van der Waals surface area contributed by atoms with E-state index in [1.54, 1.807) is 18.2 Å². The third kappa shape index (κ3) is 3.42. The third-order valence-corrected chi connectivity index (χ3v) is 2.94. The summed E-state index contributed by atoms with van der Waals surface area (Å²) >= 11 is 0. The quantitative estimate of drug-likeness (QED) is 0.936. The molecule has 0 atom stereocenters. The van der Waals surface area contributed by atoms with Crippen molar-refractivity contribution in [1.29, 1.82) is 0 Å². The van der Waals surface area contributed by atoms with Crippen molar-refractivity contribution in [3.63, 3.8) is 0 Å². The van der Waals surface area contributed by atoms with E-state index in [0.29, 0.717) is 5.56 Å². The number of hydrogen-bond acceptors (Lipinski definition) is 3. The molecular weight excluding hydrogens is 275 g/mol. The molecule has 21 heavy (non-hydrogen) atoms. The Morgan fingerprint density at radius 2 is 2.00 bits per heavy atom. The summed E-state index contributed by atoms with van der Waals surface area (Å²) in [5, 5.41) is 8.86. The predicted molar refractivity (Wildman–Crippen MR) is 73.4 cm³/mol. The summed E-state index contributed by atoms with van der Waals surface area (Å²) in [6.45, 7) is 0.0935. The minimum absolute atomic E-state index is 0.0935. The molecule has 0 unspecified atom stereocenters. The first-order chi connectivity index (χ1) is 9.99. The molecule has 0 aliphatic carbocycles. The van der Waals surface area contributed by atoms with Crippen molar-refractivity contribution in [3.8, 4) is 0 Å². The molecule has 0 saturated heterocycles. The summed E-state index contributed by atoms with van der Waals surface area (Å²) < 4.78 is 13.6. The van der Waals surface area contributed by atoms with Crippen LogP contribution in [0.25, 0.3) is 0 Å². The highest BCUT2D eigenvalue weighted by Gasteiger charge is 2.15. The number of halogens is 1. The molecule has 1 amide bonds. The SMILES string of the molecule is CN(Cc1ccccc1F)C(=O)c1ccnc(C(=O)O)c1. The molecule has 1 aromatic heterocycles. The second-order valence-corrected chi connectivity index (χ2v) is 4.49. The molecule has 5 nitrogen and oxygen atoms in total. The van der Waals surface area contributed by atoms with E-state index in [-0.39, 0.29) is 17.8 Å². The number of aromatic carboxylic acids is 1. The number of carbonyl (C=O) groups is 2. The summed E-state index contributed by atoms with van der Waals surface area (Å²) in [6.07, 6.45) is 1.26. The summed E-state index contributed by atoms with van der Waals surface area (Å²) in [7, 11) is 1.52. The number of nitrogens with zero attached hydrogens (tertiary/aromatic N) is 2. The van der Waals surface area contributed by atoms with Crippen LogP contribution in [0.2, 0.25) is 0 Å². The van der Waals surface area contributed by atoms with Gasteiger partial charge >= 0.3 is 5.97 Å². The van der Waals surface area contributed by atoms with Gasteiger partial charge in [0.25, 0.3) is 5.91 Å². The van der Waals surface area contributed by atoms with Crippen molar-refractivity contribution in [3.05, 3.63) is 65.2 Å². The summed E-state index contributed by atoms with van der Waals surface area (Å²) in [5.74, 6) is -2.00. The molecule has 0 radical (unpaired) electrons. The molecule has 1 N–H and O–H groups in total. The van der Waals surface area contributed by atoms with Crippen molar-refractivity contribution in [2.24, 2.45) is 0 Å². The van der Waals surface area contributed by atoms with E-state index in [0.717, 1.165) is 0 Å². The van der Waals surface area contributed by atoms with Crippen LogP contribution in [0.3, 0.4) is 0 Å². The minimum atomic E-state index is -1.21. The largest absolute Gasteiger partial charge is 0.477 e. The van der Waals surface area contributed by atoms with E-state index in [1.807, 2.05) is 0 Å². The molecule has 0 bridgehead atoms. The molecule has 0 aliphatic heterocycles. The van der Waals surface area contributed by atoms with Crippen molar-refractivity contribution in [1.82, 2.24) is 9.88 Å². The monoisotopic (exact) mass is 288 g/mol. The molecule has 0 spiro atoms. The summed E-state index contributed by atoms with van der Waals surface area (Å²) in [6, 6.07) is 8.79. The van der Waals surface area contributed by atoms with Crippen LogP contribution in [0.5, 0.6) is 0 Å². The Hall–Kier alpha value is -2.76. The van der Waals surface area contributed by atoms with Crippen molar-refractivity contribution >= 4 is 11.9 Å². The van der Waals surface area contributed by atoms with Crippen LogP contribution in [0, 0.1) is 5.82 Å². The Morgan fingerprint density at radius 3 is 2.67 bits per heavy atom. The van der Waals surface area contributed by atoms with E-state index in [9.17, 15) is 14.0 Å². The van der Waals surface area contributed by atoms with Crippen molar-refractivity contribution < 1.29 is 19.1 Å². The molecule has 6 heteroatoms. The Labute approximate surface area is 120 Å². The number of carboxylic acids is 1. The molecule has 2 aromatic rings. The van der Waals surface area contributed by atoms with Crippen LogP contribution in [0.1, 0.15) is 26.4 Å². The maximum absolute atomic E-state index is 13.6. The van der Waals surface area contributed by atoms with Crippen molar-refractivity contribution in [2.75, 3.05) is 7.05 Å². The van der Waals surface area contributed by atoms with Crippen LogP contribution < -0.4 is 0 Å². The van der Waals surface area contributed by atoms with Crippen LogP contribution in [0.15, 0.2) is 42.6 Å². The van der Waals surface area contributed by atoms with Gasteiger partial charge in [-0.25, -0.2) is 14.2 Å². The summed E-state index contributed by atoms with van der Waals surface area (Å²) in [4.78, 5) is 28.0. The zero-order valence-corrected chi connectivity index (χ0v) is 11.3. The zero-order valence-electron chi connectivity index (χ0n) is 11.3. The van der Waals surface area contributed by atoms with Gasteiger partial charge in [-0.2, -0.15) is 0 Å². The molecule has 108 valence electrons. The summed E-state index contributed by atoms with van der Waals surface area (Å²) in [5.41, 5.74) is 0.377. The number of benzene rings is 1. The first-order valence-electron chi connectivity index (χ1n) is 6.17. The highest BCUT2D eigenvalue weighted by Crippen LogP contribution is 2.12. The second-order valence-electron chi connectivity index (χ2n) is 4.49. The lowest BCUT2D eigenvalue weighted by molar-refractivity contribution is 0.0690. The number of aromatic nitrogens is 1. The van der Waals surface area contributed by atoms with Gasteiger partial charge in [-0.15, -0.1) is 0 Å². The highest BCUT2D eigenvalue weighted by molar-refractivity contribution is 5.96. The van der Waals surface area contributed by atoms with E-state index in [1.165, 1.54) is 36.3 Å². The molecule has 0 saturated carbocycles. The lowest BCUT2D eigenvalue weighted by atomic mass is 10.1. The Bertz CT molecular complexity index is 688. The van der Waals surface area contributed by atoms with Crippen LogP contribution in [-0.4, -0.2) is 33.9 Å². The number of amides is 1. The predicted octanol–water partition coefficient (Wildman–Crippen LogP) is 2.19. The van der Waals surface area contributed by atoms with Crippen LogP contribution in [0.4, 0.5) is 4.39 Å². The first kappa shape index (κ1) is 14.6. The number of pyridine rings is 1. The maximum atomic E-state index is 13.6. The topological polar surface area (TPSA) is 70.5 Å². The fraction of sp³-hybridized carbons (Fsp3) is 0.133. The molecular formula is C15H13FN2O3. The van der Waals surface area contributed by atoms with Crippen LogP contribution in [-0.2, 0) is 6.54 Å². The Balaban J connectivity index is 2.18. The number of hydrogen-bond donors (Lipinski definition) is 1. The van der Waals surface area contributed by atoms with Crippen LogP contribution >= 0.6 is 0 Å². The third-order valence-electron chi connectivity index (χ3n) is 2.94. The van der Waals surface area contributed by atoms with E-state index >= 15 is 0 Å². The van der Waals surface area contributed by atoms with E-state index < -0.39 is 17.7 Å². The van der Waals surface area contributed by atoms with E-state index in [4.69, 9.17) is 5.11 Å². The lowest BCUT2D eigenvalue weighted by Crippen LogP contribution is -2.27. The zero-order chi connectivity index (χ0) is 15.4. The van der Waals surface area contributed by atoms with Gasteiger partial charge in [-0.1, -0.05) is 18.2 Å². The molecule has 0 fully saturated rings. The highest BCUT2D eigenvalue weighted by atomic mass is 19.1. The average molecular weight is 288 g/mol. The maximum Gasteiger partial charge on any atom is 0.354 e. The smallest absolute Gasteiger partial charge is 0.354 e. The fourth-order valence-electron chi connectivity index (χ4n) is 1.85. The van der Waals surface area contributed by atoms with Gasteiger partial charge in [0.05, 0.1) is 0 Å². The Kier molecular flexibility index (Phi) is 4.27. The number of carbonyl (C=O) groups excluding carboxylic acids is 1. The van der Waals surface area contributed by atoms with Gasteiger partial charge in [0.2, 0.25) is 0 Å². The molecule has 1 heterocycles. The standard InChI is InChI=1S/C15H13FN2O3/c1-18(9-11-4-2-3-5-12(11)16)14(19)10-6-7-17-13(8-10)15(20)21/h2-8H,9H2,1H3,(H,20,21).